The first-order valence-electron chi connectivity index (χ1n) is 10.2. The predicted molar refractivity (Wildman–Crippen MR) is 109 cm³/mol. The van der Waals surface area contributed by atoms with Gasteiger partial charge < -0.3 is 9.15 Å². The van der Waals surface area contributed by atoms with Crippen LogP contribution in [0.5, 0.6) is 6.08 Å². The minimum Gasteiger partial charge on any atom is -0.447 e. The summed E-state index contributed by atoms with van der Waals surface area (Å²) in [7, 11) is 0. The fraction of sp³-hybridized carbons (Fsp3) is 0.714. The van der Waals surface area contributed by atoms with Crippen molar-refractivity contribution in [1.82, 2.24) is 4.98 Å². The number of ether oxygens (including phenoxy) is 1. The van der Waals surface area contributed by atoms with Crippen LogP contribution in [0.4, 0.5) is 0 Å². The fourth-order valence-corrected chi connectivity index (χ4v) is 4.11. The van der Waals surface area contributed by atoms with Gasteiger partial charge in [-0.15, -0.1) is 11.3 Å². The largest absolute Gasteiger partial charge is 0.447 e. The van der Waals surface area contributed by atoms with Crippen LogP contribution in [-0.4, -0.2) is 11.1 Å². The quantitative estimate of drug-likeness (QED) is 0.373. The smallest absolute Gasteiger partial charge is 0.398 e. The average molecular weight is 380 g/mol. The lowest BCUT2D eigenvalue weighted by Gasteiger charge is -2.11. The van der Waals surface area contributed by atoms with Crippen LogP contribution in [0.3, 0.4) is 0 Å². The van der Waals surface area contributed by atoms with Crippen LogP contribution in [0.25, 0.3) is 10.2 Å². The molecule has 2 aromatic rings. The van der Waals surface area contributed by atoms with Crippen molar-refractivity contribution in [2.45, 2.75) is 97.5 Å². The van der Waals surface area contributed by atoms with E-state index in [0.717, 1.165) is 30.5 Å². The van der Waals surface area contributed by atoms with E-state index in [4.69, 9.17) is 9.15 Å². The van der Waals surface area contributed by atoms with Crippen LogP contribution < -0.4 is 10.4 Å². The van der Waals surface area contributed by atoms with Gasteiger partial charge in [-0.1, -0.05) is 58.8 Å². The van der Waals surface area contributed by atoms with Crippen molar-refractivity contribution in [1.29, 1.82) is 0 Å². The summed E-state index contributed by atoms with van der Waals surface area (Å²) in [5.74, 6) is 0. The highest BCUT2D eigenvalue weighted by atomic mass is 32.1. The molecule has 0 aliphatic rings. The Morgan fingerprint density at radius 2 is 1.77 bits per heavy atom. The third kappa shape index (κ3) is 6.75. The van der Waals surface area contributed by atoms with Crippen molar-refractivity contribution in [3.8, 4) is 6.08 Å². The molecule has 2 rings (SSSR count). The van der Waals surface area contributed by atoms with Crippen molar-refractivity contribution in [3.05, 3.63) is 21.4 Å². The van der Waals surface area contributed by atoms with E-state index in [1.54, 1.807) is 11.3 Å². The van der Waals surface area contributed by atoms with Gasteiger partial charge in [-0.3, -0.25) is 0 Å². The van der Waals surface area contributed by atoms with Gasteiger partial charge in [0.15, 0.2) is 0 Å². The molecule has 0 radical (unpaired) electrons. The molecule has 0 saturated carbocycles. The number of nitrogens with zero attached hydrogens (tertiary/aromatic N) is 1. The molecule has 0 amide bonds. The van der Waals surface area contributed by atoms with Gasteiger partial charge in [-0.25, -0.2) is 4.79 Å². The molecule has 0 aliphatic carbocycles. The molecule has 0 saturated heterocycles. The van der Waals surface area contributed by atoms with Crippen LogP contribution in [0, 0.1) is 0 Å². The average Bonchev–Trinajstić information content (AvgIpc) is 3.02. The molecule has 0 aromatic carbocycles. The lowest BCUT2D eigenvalue weighted by molar-refractivity contribution is 0.143. The molecule has 0 spiro atoms. The summed E-state index contributed by atoms with van der Waals surface area (Å²) in [4.78, 5) is 18.6. The Kier molecular flexibility index (Phi) is 9.16. The molecule has 1 unspecified atom stereocenters. The predicted octanol–water partition coefficient (Wildman–Crippen LogP) is 6.50. The van der Waals surface area contributed by atoms with E-state index >= 15 is 0 Å². The van der Waals surface area contributed by atoms with Crippen LogP contribution >= 0.6 is 11.3 Å². The maximum Gasteiger partial charge on any atom is 0.398 e. The van der Waals surface area contributed by atoms with Crippen LogP contribution in [0.15, 0.2) is 15.3 Å². The summed E-state index contributed by atoms with van der Waals surface area (Å²) < 4.78 is 11.0. The standard InChI is InChI=1S/C21H33NO3S/c1-4-6-8-10-12-14-17-15-18-19(26-17)22-21(25-20(18)23)24-16(3)13-11-9-7-5-2/h15-16H,4-14H2,1-3H3. The Morgan fingerprint density at radius 1 is 1.08 bits per heavy atom. The zero-order valence-corrected chi connectivity index (χ0v) is 17.3. The molecule has 146 valence electrons. The zero-order chi connectivity index (χ0) is 18.8. The van der Waals surface area contributed by atoms with Gasteiger partial charge in [0.25, 0.3) is 0 Å². The van der Waals surface area contributed by atoms with Crippen molar-refractivity contribution in [2.75, 3.05) is 0 Å². The van der Waals surface area contributed by atoms with E-state index in [9.17, 15) is 4.79 Å². The summed E-state index contributed by atoms with van der Waals surface area (Å²) in [6, 6.07) is 1.94. The first-order valence-corrected chi connectivity index (χ1v) is 11.1. The molecule has 0 fully saturated rings. The SMILES string of the molecule is CCCCCCCc1cc2c(=O)oc(OC(C)CCCCCC)nc2s1. The summed E-state index contributed by atoms with van der Waals surface area (Å²) in [5, 5.41) is 0.585. The van der Waals surface area contributed by atoms with Gasteiger partial charge in [-0.05, 0) is 38.7 Å². The van der Waals surface area contributed by atoms with E-state index in [0.29, 0.717) is 5.39 Å². The summed E-state index contributed by atoms with van der Waals surface area (Å²) in [6.07, 6.45) is 13.2. The molecule has 2 aromatic heterocycles. The maximum atomic E-state index is 12.2. The second kappa shape index (κ2) is 11.4. The Balaban J connectivity index is 1.92. The molecule has 2 heterocycles. The van der Waals surface area contributed by atoms with E-state index < -0.39 is 0 Å². The Morgan fingerprint density at radius 3 is 2.50 bits per heavy atom. The third-order valence-corrected chi connectivity index (χ3v) is 5.74. The first-order chi connectivity index (χ1) is 12.6. The van der Waals surface area contributed by atoms with Crippen LogP contribution in [0.1, 0.15) is 89.9 Å². The van der Waals surface area contributed by atoms with E-state index in [2.05, 4.69) is 18.8 Å². The van der Waals surface area contributed by atoms with Gasteiger partial charge in [-0.2, -0.15) is 4.98 Å². The molecule has 1 atom stereocenters. The summed E-state index contributed by atoms with van der Waals surface area (Å²) in [5.41, 5.74) is -0.336. The Hall–Kier alpha value is -1.36. The molecule has 0 bridgehead atoms. The number of rotatable bonds is 13. The molecule has 26 heavy (non-hydrogen) atoms. The van der Waals surface area contributed by atoms with Gasteiger partial charge in [0.1, 0.15) is 10.9 Å². The first kappa shape index (κ1) is 20.9. The number of hydrogen-bond acceptors (Lipinski definition) is 5. The van der Waals surface area contributed by atoms with E-state index in [-0.39, 0.29) is 17.8 Å². The third-order valence-electron chi connectivity index (χ3n) is 4.65. The summed E-state index contributed by atoms with van der Waals surface area (Å²) in [6.45, 7) is 6.44. The van der Waals surface area contributed by atoms with Crippen molar-refractivity contribution in [3.63, 3.8) is 0 Å². The highest BCUT2D eigenvalue weighted by Gasteiger charge is 2.14. The van der Waals surface area contributed by atoms with Crippen LogP contribution in [-0.2, 0) is 6.42 Å². The van der Waals surface area contributed by atoms with E-state index in [1.165, 1.54) is 49.8 Å². The zero-order valence-electron chi connectivity index (χ0n) is 16.5. The normalized spacial score (nSPS) is 12.6. The number of fused-ring (bicyclic) bond motifs is 1. The van der Waals surface area contributed by atoms with Crippen molar-refractivity contribution in [2.24, 2.45) is 0 Å². The summed E-state index contributed by atoms with van der Waals surface area (Å²) >= 11 is 1.59. The monoisotopic (exact) mass is 379 g/mol. The lowest BCUT2D eigenvalue weighted by Crippen LogP contribution is -2.14. The number of hydrogen-bond donors (Lipinski definition) is 0. The fourth-order valence-electron chi connectivity index (χ4n) is 3.07. The van der Waals surface area contributed by atoms with Crippen LogP contribution in [0.2, 0.25) is 0 Å². The topological polar surface area (TPSA) is 52.3 Å². The highest BCUT2D eigenvalue weighted by Crippen LogP contribution is 2.25. The molecular weight excluding hydrogens is 346 g/mol. The minimum atomic E-state index is -0.336. The number of aromatic nitrogens is 1. The second-order valence-electron chi connectivity index (χ2n) is 7.14. The van der Waals surface area contributed by atoms with Gasteiger partial charge in [0.2, 0.25) is 0 Å². The minimum absolute atomic E-state index is 0.0120. The molecule has 4 nitrogen and oxygen atoms in total. The maximum absolute atomic E-state index is 12.2. The molecule has 0 aliphatic heterocycles. The van der Waals surface area contributed by atoms with Gasteiger partial charge >= 0.3 is 11.7 Å². The molecule has 0 N–H and O–H groups in total. The van der Waals surface area contributed by atoms with E-state index in [1.807, 2.05) is 13.0 Å². The Bertz CT molecular complexity index is 707. The van der Waals surface area contributed by atoms with Crippen molar-refractivity contribution < 1.29 is 9.15 Å². The molecule has 5 heteroatoms. The van der Waals surface area contributed by atoms with Gasteiger partial charge in [0.05, 0.1) is 5.39 Å². The van der Waals surface area contributed by atoms with Crippen molar-refractivity contribution >= 4 is 21.6 Å². The number of aryl methyl sites for hydroxylation is 1. The Labute approximate surface area is 161 Å². The second-order valence-corrected chi connectivity index (χ2v) is 8.26. The highest BCUT2D eigenvalue weighted by molar-refractivity contribution is 7.18. The number of unbranched alkanes of at least 4 members (excludes halogenated alkanes) is 7. The molecular formula is C21H33NO3S. The van der Waals surface area contributed by atoms with Gasteiger partial charge in [0, 0.05) is 4.88 Å². The number of thiophene rings is 1. The lowest BCUT2D eigenvalue weighted by atomic mass is 10.1.